The molecule has 0 aliphatic carbocycles. The van der Waals surface area contributed by atoms with Gasteiger partial charge in [-0.3, -0.25) is 9.59 Å². The summed E-state index contributed by atoms with van der Waals surface area (Å²) in [7, 11) is -4.10. The molecule has 2 saturated heterocycles. The Kier molecular flexibility index (Phi) is 6.11. The number of benzene rings is 1. The second-order valence-electron chi connectivity index (χ2n) is 6.90. The number of halogens is 1. The fourth-order valence-corrected chi connectivity index (χ4v) is 4.76. The van der Waals surface area contributed by atoms with E-state index in [1.165, 1.54) is 0 Å². The van der Waals surface area contributed by atoms with E-state index in [2.05, 4.69) is 0 Å². The molecule has 9 heteroatoms. The number of carbonyl (C=O) groups is 2. The first-order valence-electron chi connectivity index (χ1n) is 9.19. The molecule has 0 atom stereocenters. The van der Waals surface area contributed by atoms with E-state index >= 15 is 0 Å². The highest BCUT2D eigenvalue weighted by Gasteiger charge is 2.32. The van der Waals surface area contributed by atoms with Gasteiger partial charge in [0, 0.05) is 26.2 Å². The summed E-state index contributed by atoms with van der Waals surface area (Å²) >= 11 is 0. The summed E-state index contributed by atoms with van der Waals surface area (Å²) in [6.07, 6.45) is 3.57. The number of amides is 2. The molecule has 0 bridgehead atoms. The van der Waals surface area contributed by atoms with Crippen LogP contribution in [0.1, 0.15) is 25.7 Å². The molecule has 0 spiro atoms. The lowest BCUT2D eigenvalue weighted by molar-refractivity contribution is -0.132. The van der Waals surface area contributed by atoms with Crippen molar-refractivity contribution >= 4 is 21.8 Å². The van der Waals surface area contributed by atoms with E-state index in [0.29, 0.717) is 26.2 Å². The van der Waals surface area contributed by atoms with Crippen molar-refractivity contribution in [1.82, 2.24) is 14.1 Å². The van der Waals surface area contributed by atoms with Crippen molar-refractivity contribution in [3.05, 3.63) is 30.1 Å². The number of likely N-dealkylation sites (tertiary alicyclic amines) is 2. The normalized spacial score (nSPS) is 17.7. The van der Waals surface area contributed by atoms with E-state index < -0.39 is 15.8 Å². The van der Waals surface area contributed by atoms with Gasteiger partial charge in [0.25, 0.3) is 0 Å². The van der Waals surface area contributed by atoms with Crippen molar-refractivity contribution in [1.29, 1.82) is 0 Å². The monoisotopic (exact) mass is 397 g/mol. The second-order valence-corrected chi connectivity index (χ2v) is 8.84. The first-order valence-corrected chi connectivity index (χ1v) is 10.6. The molecule has 0 radical (unpaired) electrons. The first kappa shape index (κ1) is 19.8. The Hall–Kier alpha value is -2.00. The Labute approximate surface area is 158 Å². The molecular formula is C18H24FN3O4S. The fourth-order valence-electron chi connectivity index (χ4n) is 3.42. The van der Waals surface area contributed by atoms with Crippen LogP contribution in [0.5, 0.6) is 0 Å². The minimum absolute atomic E-state index is 0.132. The van der Waals surface area contributed by atoms with Crippen LogP contribution < -0.4 is 0 Å². The molecule has 2 fully saturated rings. The summed E-state index contributed by atoms with van der Waals surface area (Å²) in [6.45, 7) is 1.62. The van der Waals surface area contributed by atoms with E-state index in [0.717, 1.165) is 54.3 Å². The van der Waals surface area contributed by atoms with Crippen molar-refractivity contribution in [2.24, 2.45) is 0 Å². The summed E-state index contributed by atoms with van der Waals surface area (Å²) in [5.41, 5.74) is 0. The average Bonchev–Trinajstić information content (AvgIpc) is 3.35. The molecule has 148 valence electrons. The van der Waals surface area contributed by atoms with Crippen LogP contribution in [-0.2, 0) is 19.6 Å². The van der Waals surface area contributed by atoms with Gasteiger partial charge >= 0.3 is 0 Å². The smallest absolute Gasteiger partial charge is 0.244 e. The third-order valence-electron chi connectivity index (χ3n) is 4.99. The lowest BCUT2D eigenvalue weighted by atomic mass is 10.4. The quantitative estimate of drug-likeness (QED) is 0.719. The van der Waals surface area contributed by atoms with Crippen LogP contribution in [0.3, 0.4) is 0 Å². The summed E-state index contributed by atoms with van der Waals surface area (Å²) < 4.78 is 40.1. The lowest BCUT2D eigenvalue weighted by Gasteiger charge is -2.26. The summed E-state index contributed by atoms with van der Waals surface area (Å²) in [5.74, 6) is -1.18. The molecule has 0 aromatic heterocycles. The maximum absolute atomic E-state index is 13.2. The van der Waals surface area contributed by atoms with Crippen molar-refractivity contribution in [3.63, 3.8) is 0 Å². The molecule has 7 nitrogen and oxygen atoms in total. The highest BCUT2D eigenvalue weighted by Crippen LogP contribution is 2.18. The predicted octanol–water partition coefficient (Wildman–Crippen LogP) is 1.06. The Morgan fingerprint density at radius 1 is 0.852 bits per heavy atom. The Bertz CT molecular complexity index is 755. The van der Waals surface area contributed by atoms with Crippen molar-refractivity contribution in [3.8, 4) is 0 Å². The maximum Gasteiger partial charge on any atom is 0.244 e. The van der Waals surface area contributed by atoms with E-state index in [-0.39, 0.29) is 29.8 Å². The van der Waals surface area contributed by atoms with Gasteiger partial charge in [-0.15, -0.1) is 0 Å². The van der Waals surface area contributed by atoms with E-state index in [4.69, 9.17) is 0 Å². The minimum atomic E-state index is -4.10. The third-order valence-corrected chi connectivity index (χ3v) is 6.80. The maximum atomic E-state index is 13.2. The molecule has 1 aromatic rings. The zero-order chi connectivity index (χ0) is 19.4. The molecule has 2 aliphatic rings. The topological polar surface area (TPSA) is 78.0 Å². The number of carbonyl (C=O) groups excluding carboxylic acids is 2. The zero-order valence-corrected chi connectivity index (χ0v) is 16.0. The van der Waals surface area contributed by atoms with E-state index in [1.807, 2.05) is 0 Å². The highest BCUT2D eigenvalue weighted by atomic mass is 32.2. The Morgan fingerprint density at radius 3 is 1.67 bits per heavy atom. The molecule has 0 saturated carbocycles. The van der Waals surface area contributed by atoms with Crippen molar-refractivity contribution < 1.29 is 22.4 Å². The third kappa shape index (κ3) is 4.65. The van der Waals surface area contributed by atoms with Crippen LogP contribution in [-0.4, -0.2) is 73.6 Å². The van der Waals surface area contributed by atoms with Gasteiger partial charge in [0.1, 0.15) is 5.82 Å². The average molecular weight is 397 g/mol. The molecule has 2 aliphatic heterocycles. The van der Waals surface area contributed by atoms with Crippen molar-refractivity contribution in [2.75, 3.05) is 39.3 Å². The van der Waals surface area contributed by atoms with Crippen LogP contribution >= 0.6 is 0 Å². The van der Waals surface area contributed by atoms with Gasteiger partial charge in [-0.2, -0.15) is 4.31 Å². The molecule has 0 N–H and O–H groups in total. The van der Waals surface area contributed by atoms with Crippen LogP contribution in [0, 0.1) is 5.82 Å². The van der Waals surface area contributed by atoms with Gasteiger partial charge in [0.15, 0.2) is 0 Å². The molecule has 27 heavy (non-hydrogen) atoms. The molecule has 0 unspecified atom stereocenters. The summed E-state index contributed by atoms with van der Waals surface area (Å²) in [6, 6.07) is 4.40. The standard InChI is InChI=1S/C18H24FN3O4S/c19-15-5-7-16(8-6-15)27(25,26)22(13-17(23)20-9-1-2-10-20)14-18(24)21-11-3-4-12-21/h5-8H,1-4,9-14H2. The zero-order valence-electron chi connectivity index (χ0n) is 15.1. The Balaban J connectivity index is 1.81. The van der Waals surface area contributed by atoms with Gasteiger partial charge in [-0.1, -0.05) is 0 Å². The van der Waals surface area contributed by atoms with Crippen LogP contribution in [0.4, 0.5) is 4.39 Å². The number of hydrogen-bond acceptors (Lipinski definition) is 4. The van der Waals surface area contributed by atoms with Gasteiger partial charge in [0.2, 0.25) is 21.8 Å². The van der Waals surface area contributed by atoms with Gasteiger partial charge < -0.3 is 9.80 Å². The predicted molar refractivity (Wildman–Crippen MR) is 96.8 cm³/mol. The molecule has 2 heterocycles. The fraction of sp³-hybridized carbons (Fsp3) is 0.556. The highest BCUT2D eigenvalue weighted by molar-refractivity contribution is 7.89. The number of hydrogen-bond donors (Lipinski definition) is 0. The summed E-state index contributed by atoms with van der Waals surface area (Å²) in [5, 5.41) is 0. The molecule has 2 amide bonds. The van der Waals surface area contributed by atoms with E-state index in [9.17, 15) is 22.4 Å². The SMILES string of the molecule is O=C(CN(CC(=O)N1CCCC1)S(=O)(=O)c1ccc(F)cc1)N1CCCC1. The van der Waals surface area contributed by atoms with Crippen LogP contribution in [0.15, 0.2) is 29.2 Å². The molecular weight excluding hydrogens is 373 g/mol. The largest absolute Gasteiger partial charge is 0.342 e. The first-order chi connectivity index (χ1) is 12.9. The van der Waals surface area contributed by atoms with Gasteiger partial charge in [-0.25, -0.2) is 12.8 Å². The van der Waals surface area contributed by atoms with Gasteiger partial charge in [0.05, 0.1) is 18.0 Å². The number of sulfonamides is 1. The van der Waals surface area contributed by atoms with Crippen LogP contribution in [0.2, 0.25) is 0 Å². The van der Waals surface area contributed by atoms with E-state index in [1.54, 1.807) is 9.80 Å². The molecule has 1 aromatic carbocycles. The minimum Gasteiger partial charge on any atom is -0.342 e. The number of nitrogens with zero attached hydrogens (tertiary/aromatic N) is 3. The van der Waals surface area contributed by atoms with Crippen LogP contribution in [0.25, 0.3) is 0 Å². The van der Waals surface area contributed by atoms with Gasteiger partial charge in [-0.05, 0) is 49.9 Å². The Morgan fingerprint density at radius 2 is 1.26 bits per heavy atom. The molecule has 3 rings (SSSR count). The lowest BCUT2D eigenvalue weighted by Crippen LogP contribution is -2.46. The number of rotatable bonds is 6. The second kappa shape index (κ2) is 8.35. The van der Waals surface area contributed by atoms with Crippen molar-refractivity contribution in [2.45, 2.75) is 30.6 Å². The summed E-state index contributed by atoms with van der Waals surface area (Å²) in [4.78, 5) is 28.2.